The number of aryl methyl sites for hydroxylation is 1. The largest absolute Gasteiger partial charge is 0.476 e. The van der Waals surface area contributed by atoms with Crippen LogP contribution in [0, 0.1) is 0 Å². The van der Waals surface area contributed by atoms with E-state index in [9.17, 15) is 14.4 Å². The molecule has 0 bridgehead atoms. The highest BCUT2D eigenvalue weighted by atomic mass is 16.6. The van der Waals surface area contributed by atoms with Crippen molar-refractivity contribution in [1.82, 2.24) is 19.7 Å². The summed E-state index contributed by atoms with van der Waals surface area (Å²) in [6.45, 7) is 5.98. The number of hydrogen-bond donors (Lipinski definition) is 1. The van der Waals surface area contributed by atoms with E-state index in [1.807, 2.05) is 54.6 Å². The summed E-state index contributed by atoms with van der Waals surface area (Å²) in [4.78, 5) is 37.0. The standard InChI is InChI=1S/C27H34N4O5/c1-6-35-25(33)27(2,3)36-21-14-12-19(13-15-21)16-17-28-22(18-20-10-8-7-9-11-20)23-24(32)30(4)26(34)31(5)29-23/h7-15,22,28H,6,16-18H2,1-5H3. The number of hydrogen-bond acceptors (Lipinski definition) is 7. The maximum absolute atomic E-state index is 12.8. The monoisotopic (exact) mass is 494 g/mol. The Morgan fingerprint density at radius 1 is 1.03 bits per heavy atom. The fourth-order valence-corrected chi connectivity index (χ4v) is 3.81. The third-order valence-electron chi connectivity index (χ3n) is 5.83. The van der Waals surface area contributed by atoms with E-state index >= 15 is 0 Å². The summed E-state index contributed by atoms with van der Waals surface area (Å²) >= 11 is 0. The lowest BCUT2D eigenvalue weighted by atomic mass is 10.0. The maximum atomic E-state index is 12.8. The van der Waals surface area contributed by atoms with E-state index in [4.69, 9.17) is 9.47 Å². The van der Waals surface area contributed by atoms with Gasteiger partial charge in [0.1, 0.15) is 11.4 Å². The van der Waals surface area contributed by atoms with Gasteiger partial charge >= 0.3 is 11.7 Å². The van der Waals surface area contributed by atoms with Gasteiger partial charge in [0.15, 0.2) is 5.60 Å². The average Bonchev–Trinajstić information content (AvgIpc) is 2.86. The van der Waals surface area contributed by atoms with E-state index < -0.39 is 22.8 Å². The Balaban J connectivity index is 1.71. The molecule has 36 heavy (non-hydrogen) atoms. The van der Waals surface area contributed by atoms with Gasteiger partial charge in [-0.3, -0.25) is 9.36 Å². The third kappa shape index (κ3) is 6.69. The van der Waals surface area contributed by atoms with E-state index in [-0.39, 0.29) is 6.04 Å². The van der Waals surface area contributed by atoms with Crippen LogP contribution in [0.1, 0.15) is 43.6 Å². The molecule has 2 aromatic carbocycles. The molecule has 9 heteroatoms. The van der Waals surface area contributed by atoms with Crippen LogP contribution in [-0.2, 0) is 36.5 Å². The molecule has 3 aromatic rings. The van der Waals surface area contributed by atoms with Crippen LogP contribution in [0.25, 0.3) is 0 Å². The highest BCUT2D eigenvalue weighted by Crippen LogP contribution is 2.21. The SMILES string of the molecule is CCOC(=O)C(C)(C)Oc1ccc(CCNC(Cc2ccccc2)c2nn(C)c(=O)n(C)c2=O)cc1. The van der Waals surface area contributed by atoms with Crippen molar-refractivity contribution in [3.63, 3.8) is 0 Å². The van der Waals surface area contributed by atoms with Crippen LogP contribution >= 0.6 is 0 Å². The minimum atomic E-state index is -1.08. The molecule has 1 atom stereocenters. The van der Waals surface area contributed by atoms with Crippen LogP contribution in [0.3, 0.4) is 0 Å². The first-order valence-corrected chi connectivity index (χ1v) is 12.0. The average molecular weight is 495 g/mol. The number of benzene rings is 2. The molecule has 0 aliphatic carbocycles. The molecule has 0 fully saturated rings. The lowest BCUT2D eigenvalue weighted by molar-refractivity contribution is -0.158. The molecule has 1 unspecified atom stereocenters. The van der Waals surface area contributed by atoms with E-state index in [0.717, 1.165) is 15.7 Å². The number of aromatic nitrogens is 3. The van der Waals surface area contributed by atoms with E-state index in [0.29, 0.717) is 37.4 Å². The van der Waals surface area contributed by atoms with Gasteiger partial charge in [-0.2, -0.15) is 5.10 Å². The molecule has 0 spiro atoms. The number of carbonyl (C=O) groups is 1. The van der Waals surface area contributed by atoms with Gasteiger partial charge < -0.3 is 14.8 Å². The van der Waals surface area contributed by atoms with Gasteiger partial charge in [-0.05, 0) is 63.4 Å². The first kappa shape index (κ1) is 26.9. The van der Waals surface area contributed by atoms with E-state index in [1.54, 1.807) is 20.8 Å². The van der Waals surface area contributed by atoms with Crippen molar-refractivity contribution in [2.45, 2.75) is 45.3 Å². The molecule has 0 aliphatic heterocycles. The van der Waals surface area contributed by atoms with Gasteiger partial charge in [0.25, 0.3) is 5.56 Å². The van der Waals surface area contributed by atoms with Gasteiger partial charge in [0, 0.05) is 14.1 Å². The Labute approximate surface area is 210 Å². The van der Waals surface area contributed by atoms with Gasteiger partial charge in [0.05, 0.1) is 12.6 Å². The van der Waals surface area contributed by atoms with Crippen molar-refractivity contribution in [2.75, 3.05) is 13.2 Å². The summed E-state index contributed by atoms with van der Waals surface area (Å²) in [5, 5.41) is 7.73. The topological polar surface area (TPSA) is 104 Å². The Morgan fingerprint density at radius 2 is 1.69 bits per heavy atom. The van der Waals surface area contributed by atoms with Crippen LogP contribution < -0.4 is 21.3 Å². The van der Waals surface area contributed by atoms with Crippen molar-refractivity contribution in [1.29, 1.82) is 0 Å². The zero-order valence-corrected chi connectivity index (χ0v) is 21.5. The number of nitrogens with one attached hydrogen (secondary N) is 1. The van der Waals surface area contributed by atoms with Crippen molar-refractivity contribution >= 4 is 5.97 Å². The molecule has 0 amide bonds. The fourth-order valence-electron chi connectivity index (χ4n) is 3.81. The van der Waals surface area contributed by atoms with Crippen LogP contribution in [0.4, 0.5) is 0 Å². The molecule has 0 radical (unpaired) electrons. The first-order valence-electron chi connectivity index (χ1n) is 12.0. The smallest absolute Gasteiger partial charge is 0.349 e. The molecule has 1 aromatic heterocycles. The van der Waals surface area contributed by atoms with Crippen LogP contribution in [0.15, 0.2) is 64.2 Å². The summed E-state index contributed by atoms with van der Waals surface area (Å²) in [6.07, 6.45) is 1.25. The van der Waals surface area contributed by atoms with Crippen molar-refractivity contribution in [2.24, 2.45) is 14.1 Å². The third-order valence-corrected chi connectivity index (χ3v) is 5.83. The second kappa shape index (κ2) is 11.8. The van der Waals surface area contributed by atoms with E-state index in [2.05, 4.69) is 10.4 Å². The second-order valence-electron chi connectivity index (χ2n) is 9.08. The fraction of sp³-hybridized carbons (Fsp3) is 0.407. The molecule has 0 aliphatic rings. The summed E-state index contributed by atoms with van der Waals surface area (Å²) in [7, 11) is 3.00. The zero-order valence-electron chi connectivity index (χ0n) is 21.5. The molecular weight excluding hydrogens is 460 g/mol. The maximum Gasteiger partial charge on any atom is 0.349 e. The molecule has 1 N–H and O–H groups in total. The van der Waals surface area contributed by atoms with Gasteiger partial charge in [0.2, 0.25) is 0 Å². The summed E-state index contributed by atoms with van der Waals surface area (Å²) in [6, 6.07) is 17.0. The van der Waals surface area contributed by atoms with Crippen molar-refractivity contribution < 1.29 is 14.3 Å². The van der Waals surface area contributed by atoms with Crippen molar-refractivity contribution in [3.8, 4) is 5.75 Å². The van der Waals surface area contributed by atoms with Crippen LogP contribution in [-0.4, -0.2) is 39.1 Å². The normalized spacial score (nSPS) is 12.2. The Hall–Kier alpha value is -3.72. The molecule has 9 nitrogen and oxygen atoms in total. The number of esters is 1. The number of ether oxygens (including phenoxy) is 2. The predicted molar refractivity (Wildman–Crippen MR) is 137 cm³/mol. The second-order valence-corrected chi connectivity index (χ2v) is 9.08. The number of nitrogens with zero attached hydrogens (tertiary/aromatic N) is 3. The molecular formula is C27H34N4O5. The minimum absolute atomic E-state index is 0.295. The van der Waals surface area contributed by atoms with Gasteiger partial charge in [-0.15, -0.1) is 0 Å². The predicted octanol–water partition coefficient (Wildman–Crippen LogP) is 2.32. The van der Waals surface area contributed by atoms with Crippen LogP contribution in [0.2, 0.25) is 0 Å². The van der Waals surface area contributed by atoms with Gasteiger partial charge in [-0.25, -0.2) is 14.3 Å². The molecule has 3 rings (SSSR count). The molecule has 192 valence electrons. The summed E-state index contributed by atoms with van der Waals surface area (Å²) in [5.41, 5.74) is 0.460. The minimum Gasteiger partial charge on any atom is -0.476 e. The lowest BCUT2D eigenvalue weighted by Crippen LogP contribution is -2.43. The highest BCUT2D eigenvalue weighted by Gasteiger charge is 2.31. The van der Waals surface area contributed by atoms with Crippen molar-refractivity contribution in [3.05, 3.63) is 92.3 Å². The molecule has 0 saturated heterocycles. The molecule has 0 saturated carbocycles. The Morgan fingerprint density at radius 3 is 2.33 bits per heavy atom. The Bertz CT molecular complexity index is 1280. The first-order chi connectivity index (χ1) is 17.1. The molecule has 1 heterocycles. The van der Waals surface area contributed by atoms with E-state index in [1.165, 1.54) is 18.8 Å². The number of carbonyl (C=O) groups excluding carboxylic acids is 1. The highest BCUT2D eigenvalue weighted by molar-refractivity contribution is 5.79. The lowest BCUT2D eigenvalue weighted by Gasteiger charge is -2.24. The zero-order chi connectivity index (χ0) is 26.3. The Kier molecular flexibility index (Phi) is 8.82. The summed E-state index contributed by atoms with van der Waals surface area (Å²) < 4.78 is 13.2. The van der Waals surface area contributed by atoms with Gasteiger partial charge in [-0.1, -0.05) is 42.5 Å². The summed E-state index contributed by atoms with van der Waals surface area (Å²) in [5.74, 6) is 0.158. The van der Waals surface area contributed by atoms with Crippen LogP contribution in [0.5, 0.6) is 5.75 Å². The quantitative estimate of drug-likeness (QED) is 0.408. The number of rotatable bonds is 11.